The molecule has 8 heteroatoms. The average Bonchev–Trinajstić information content (AvgIpc) is 2.72. The Morgan fingerprint density at radius 2 is 1.83 bits per heavy atom. The molecule has 30 heavy (non-hydrogen) atoms. The second-order valence-corrected chi connectivity index (χ2v) is 9.76. The zero-order valence-corrected chi connectivity index (χ0v) is 19.2. The number of carbonyl (C=O) groups excluding carboxylic acids is 1. The number of hydrogen-bond donors (Lipinski definition) is 1. The third-order valence-corrected chi connectivity index (χ3v) is 7.03. The highest BCUT2D eigenvalue weighted by Crippen LogP contribution is 2.28. The van der Waals surface area contributed by atoms with Gasteiger partial charge in [0.2, 0.25) is 15.9 Å². The van der Waals surface area contributed by atoms with Gasteiger partial charge >= 0.3 is 0 Å². The zero-order valence-electron chi connectivity index (χ0n) is 18.4. The van der Waals surface area contributed by atoms with E-state index >= 15 is 0 Å². The lowest BCUT2D eigenvalue weighted by atomic mass is 9.95. The van der Waals surface area contributed by atoms with Crippen molar-refractivity contribution in [2.24, 2.45) is 0 Å². The van der Waals surface area contributed by atoms with E-state index < -0.39 is 10.0 Å². The first kappa shape index (κ1) is 24.6. The molecule has 0 aliphatic heterocycles. The Morgan fingerprint density at radius 3 is 2.43 bits per heavy atom. The van der Waals surface area contributed by atoms with Gasteiger partial charge in [-0.05, 0) is 64.3 Å². The summed E-state index contributed by atoms with van der Waals surface area (Å²) in [5.41, 5.74) is 0. The second kappa shape index (κ2) is 12.3. The van der Waals surface area contributed by atoms with Crippen LogP contribution in [0.1, 0.15) is 59.3 Å². The molecule has 2 rings (SSSR count). The lowest BCUT2D eigenvalue weighted by Crippen LogP contribution is -2.47. The van der Waals surface area contributed by atoms with Gasteiger partial charge in [0.05, 0.1) is 24.2 Å². The highest BCUT2D eigenvalue weighted by Gasteiger charge is 2.33. The number of hydrogen-bond acceptors (Lipinski definition) is 5. The summed E-state index contributed by atoms with van der Waals surface area (Å²) in [6, 6.07) is 6.27. The lowest BCUT2D eigenvalue weighted by Gasteiger charge is -2.33. The molecule has 0 heterocycles. The average molecular weight is 441 g/mol. The van der Waals surface area contributed by atoms with Crippen LogP contribution < -0.4 is 10.1 Å². The Bertz CT molecular complexity index is 743. The molecule has 0 unspecified atom stereocenters. The minimum Gasteiger partial charge on any atom is -0.494 e. The van der Waals surface area contributed by atoms with Crippen LogP contribution in [0.4, 0.5) is 0 Å². The van der Waals surface area contributed by atoms with Crippen molar-refractivity contribution in [3.8, 4) is 5.75 Å². The highest BCUT2D eigenvalue weighted by atomic mass is 32.2. The van der Waals surface area contributed by atoms with E-state index in [1.807, 2.05) is 20.8 Å². The standard InChI is InChI=1S/C22H36N2O5S/c1-4-28-20-11-13-21(14-12-20)30(26,27)24(19-9-6-5-7-10-19)17-22(25)23-15-8-16-29-18(2)3/h11-14,18-19H,4-10,15-17H2,1-3H3,(H,23,25). The van der Waals surface area contributed by atoms with E-state index in [0.717, 1.165) is 32.1 Å². The second-order valence-electron chi connectivity index (χ2n) is 7.87. The minimum atomic E-state index is -3.78. The summed E-state index contributed by atoms with van der Waals surface area (Å²) in [5.74, 6) is 0.349. The van der Waals surface area contributed by atoms with Crippen molar-refractivity contribution in [3.63, 3.8) is 0 Å². The molecule has 1 aliphatic rings. The van der Waals surface area contributed by atoms with Crippen molar-refractivity contribution in [1.82, 2.24) is 9.62 Å². The maximum atomic E-state index is 13.4. The van der Waals surface area contributed by atoms with Crippen LogP contribution in [-0.2, 0) is 19.6 Å². The predicted octanol–water partition coefficient (Wildman–Crippen LogP) is 3.34. The number of amides is 1. The molecule has 7 nitrogen and oxygen atoms in total. The van der Waals surface area contributed by atoms with Crippen molar-refractivity contribution >= 4 is 15.9 Å². The number of sulfonamides is 1. The monoisotopic (exact) mass is 440 g/mol. The summed E-state index contributed by atoms with van der Waals surface area (Å²) in [4.78, 5) is 12.7. The van der Waals surface area contributed by atoms with E-state index in [1.165, 1.54) is 4.31 Å². The molecule has 1 N–H and O–H groups in total. The fourth-order valence-corrected chi connectivity index (χ4v) is 5.25. The maximum Gasteiger partial charge on any atom is 0.243 e. The number of rotatable bonds is 12. The third kappa shape index (κ3) is 7.56. The lowest BCUT2D eigenvalue weighted by molar-refractivity contribution is -0.121. The molecular weight excluding hydrogens is 404 g/mol. The van der Waals surface area contributed by atoms with E-state index in [-0.39, 0.29) is 29.5 Å². The van der Waals surface area contributed by atoms with Gasteiger partial charge < -0.3 is 14.8 Å². The summed E-state index contributed by atoms with van der Waals surface area (Å²) in [6.07, 6.45) is 5.48. The summed E-state index contributed by atoms with van der Waals surface area (Å²) in [6.45, 7) is 7.19. The minimum absolute atomic E-state index is 0.148. The molecule has 0 saturated heterocycles. The van der Waals surface area contributed by atoms with Crippen LogP contribution in [-0.4, -0.2) is 57.1 Å². The third-order valence-electron chi connectivity index (χ3n) is 5.12. The first-order chi connectivity index (χ1) is 14.3. The van der Waals surface area contributed by atoms with Crippen LogP contribution in [0.25, 0.3) is 0 Å². The Hall–Kier alpha value is -1.64. The molecule has 0 bridgehead atoms. The molecule has 1 aliphatic carbocycles. The van der Waals surface area contributed by atoms with Gasteiger partial charge in [-0.15, -0.1) is 0 Å². The molecule has 1 aromatic carbocycles. The van der Waals surface area contributed by atoms with Crippen LogP contribution in [0, 0.1) is 0 Å². The molecule has 170 valence electrons. The quantitative estimate of drug-likeness (QED) is 0.504. The Balaban J connectivity index is 2.07. The van der Waals surface area contributed by atoms with E-state index in [4.69, 9.17) is 9.47 Å². The van der Waals surface area contributed by atoms with E-state index in [1.54, 1.807) is 24.3 Å². The molecule has 0 spiro atoms. The number of nitrogens with one attached hydrogen (secondary N) is 1. The van der Waals surface area contributed by atoms with Gasteiger partial charge in [-0.2, -0.15) is 4.31 Å². The van der Waals surface area contributed by atoms with Crippen LogP contribution in [0.5, 0.6) is 5.75 Å². The Kier molecular flexibility index (Phi) is 10.1. The summed E-state index contributed by atoms with van der Waals surface area (Å²) < 4.78 is 39.0. The van der Waals surface area contributed by atoms with E-state index in [9.17, 15) is 13.2 Å². The molecule has 1 saturated carbocycles. The van der Waals surface area contributed by atoms with Crippen molar-refractivity contribution < 1.29 is 22.7 Å². The van der Waals surface area contributed by atoms with Crippen LogP contribution in [0.15, 0.2) is 29.2 Å². The zero-order chi connectivity index (χ0) is 22.0. The Labute approximate surface area is 181 Å². The SMILES string of the molecule is CCOc1ccc(S(=O)(=O)N(CC(=O)NCCCOC(C)C)C2CCCCC2)cc1. The molecule has 1 fully saturated rings. The van der Waals surface area contributed by atoms with Gasteiger partial charge in [0, 0.05) is 19.2 Å². The van der Waals surface area contributed by atoms with Crippen LogP contribution in [0.3, 0.4) is 0 Å². The van der Waals surface area contributed by atoms with E-state index in [0.29, 0.717) is 31.9 Å². The first-order valence-electron chi connectivity index (χ1n) is 11.0. The topological polar surface area (TPSA) is 84.9 Å². The van der Waals surface area contributed by atoms with Gasteiger partial charge in [0.15, 0.2) is 0 Å². The van der Waals surface area contributed by atoms with Gasteiger partial charge in [-0.25, -0.2) is 8.42 Å². The van der Waals surface area contributed by atoms with Crippen molar-refractivity contribution in [2.45, 2.75) is 76.3 Å². The van der Waals surface area contributed by atoms with Crippen molar-refractivity contribution in [1.29, 1.82) is 0 Å². The number of benzene rings is 1. The normalized spacial score (nSPS) is 15.5. The molecule has 1 amide bonds. The fourth-order valence-electron chi connectivity index (χ4n) is 3.61. The van der Waals surface area contributed by atoms with E-state index in [2.05, 4.69) is 5.32 Å². The number of carbonyl (C=O) groups is 1. The highest BCUT2D eigenvalue weighted by molar-refractivity contribution is 7.89. The molecular formula is C22H36N2O5S. The summed E-state index contributed by atoms with van der Waals surface area (Å²) in [5, 5.41) is 2.83. The van der Waals surface area contributed by atoms with Crippen LogP contribution >= 0.6 is 0 Å². The molecule has 0 atom stereocenters. The number of ether oxygens (including phenoxy) is 2. The van der Waals surface area contributed by atoms with Crippen molar-refractivity contribution in [3.05, 3.63) is 24.3 Å². The Morgan fingerprint density at radius 1 is 1.17 bits per heavy atom. The predicted molar refractivity (Wildman–Crippen MR) is 117 cm³/mol. The van der Waals surface area contributed by atoms with Crippen LogP contribution in [0.2, 0.25) is 0 Å². The molecule has 0 aromatic heterocycles. The summed E-state index contributed by atoms with van der Waals surface area (Å²) in [7, 11) is -3.78. The van der Waals surface area contributed by atoms with Gasteiger partial charge in [-0.3, -0.25) is 4.79 Å². The largest absolute Gasteiger partial charge is 0.494 e. The molecule has 1 aromatic rings. The first-order valence-corrected chi connectivity index (χ1v) is 12.4. The smallest absolute Gasteiger partial charge is 0.243 e. The molecule has 0 radical (unpaired) electrons. The number of nitrogens with zero attached hydrogens (tertiary/aromatic N) is 1. The van der Waals surface area contributed by atoms with Gasteiger partial charge in [-0.1, -0.05) is 19.3 Å². The fraction of sp³-hybridized carbons (Fsp3) is 0.682. The summed E-state index contributed by atoms with van der Waals surface area (Å²) >= 11 is 0. The maximum absolute atomic E-state index is 13.4. The van der Waals surface area contributed by atoms with Crippen molar-refractivity contribution in [2.75, 3.05) is 26.3 Å². The van der Waals surface area contributed by atoms with Gasteiger partial charge in [0.25, 0.3) is 0 Å². The van der Waals surface area contributed by atoms with Gasteiger partial charge in [0.1, 0.15) is 5.75 Å².